The van der Waals surface area contributed by atoms with Crippen molar-refractivity contribution < 1.29 is 17.4 Å². The molecule has 7 heavy (non-hydrogen) atoms. The van der Waals surface area contributed by atoms with Crippen LogP contribution in [0.25, 0.3) is 0 Å². The Bertz CT molecular complexity index is 137. The average Bonchev–Trinajstić information content (AvgIpc) is 1.31. The lowest BCUT2D eigenvalue weighted by Gasteiger charge is -1.85. The van der Waals surface area contributed by atoms with Crippen LogP contribution in [0.4, 0.5) is 4.39 Å². The molecule has 0 aliphatic heterocycles. The van der Waals surface area contributed by atoms with Crippen molar-refractivity contribution >= 4 is 21.7 Å². The van der Waals surface area contributed by atoms with E-state index < -0.39 is 15.1 Å². The van der Waals surface area contributed by atoms with E-state index in [0.29, 0.717) is 0 Å². The molecule has 0 amide bonds. The third kappa shape index (κ3) is 2.78. The first-order valence-corrected chi connectivity index (χ1v) is 3.08. The molecule has 0 aromatic carbocycles. The Morgan fingerprint density at radius 2 is 1.71 bits per heavy atom. The minimum absolute atomic E-state index is 2.81. The van der Waals surface area contributed by atoms with Crippen LogP contribution in [-0.2, 0) is 14.7 Å². The van der Waals surface area contributed by atoms with Crippen LogP contribution in [0.1, 0.15) is 0 Å². The maximum Gasteiger partial charge on any atom is 0.341 e. The Hall–Kier alpha value is 0.130. The first-order valence-electron chi connectivity index (χ1n) is 1.17. The first kappa shape index (κ1) is 7.13. The second kappa shape index (κ2) is 1.94. The molecule has 0 aromatic rings. The van der Waals surface area contributed by atoms with Gasteiger partial charge in [-0.05, 0) is 0 Å². The molecule has 0 N–H and O–H groups in total. The molecule has 0 aliphatic carbocycles. The molecule has 0 fully saturated rings. The normalized spacial score (nSPS) is 16.4. The minimum Gasteiger partial charge on any atom is -0.209 e. The maximum absolute atomic E-state index is 11.1. The van der Waals surface area contributed by atoms with Crippen molar-refractivity contribution in [2.75, 3.05) is 0 Å². The molecule has 1 unspecified atom stereocenters. The molecule has 0 spiro atoms. The van der Waals surface area contributed by atoms with Crippen LogP contribution < -0.4 is 0 Å². The zero-order chi connectivity index (χ0) is 6.08. The van der Waals surface area contributed by atoms with Crippen molar-refractivity contribution in [2.45, 2.75) is 4.96 Å². The summed E-state index contributed by atoms with van der Waals surface area (Å²) in [5.74, 6) is 0. The third-order valence-corrected chi connectivity index (χ3v) is 1.31. The lowest BCUT2D eigenvalue weighted by Crippen LogP contribution is -2.04. The summed E-state index contributed by atoms with van der Waals surface area (Å²) in [5, 5.41) is 0. The van der Waals surface area contributed by atoms with Gasteiger partial charge in [0.15, 0.2) is 0 Å². The summed E-state index contributed by atoms with van der Waals surface area (Å²) < 4.78 is 38.9. The molecule has 0 saturated heterocycles. The highest BCUT2D eigenvalue weighted by Crippen LogP contribution is 2.03. The van der Waals surface area contributed by atoms with E-state index in [9.17, 15) is 17.4 Å². The number of rotatable bonds is 1. The summed E-state index contributed by atoms with van der Waals surface area (Å²) in [7, 11) is -4.89. The maximum atomic E-state index is 11.1. The van der Waals surface area contributed by atoms with Gasteiger partial charge in [-0.2, -0.15) is 8.42 Å². The Kier molecular flexibility index (Phi) is 1.97. The molecule has 0 bridgehead atoms. The number of alkyl halides is 2. The predicted octanol–water partition coefficient (Wildman–Crippen LogP) is 0.239. The summed E-state index contributed by atoms with van der Waals surface area (Å²) >= 11 is 4.19. The second-order valence-electron chi connectivity index (χ2n) is 0.753. The summed E-state index contributed by atoms with van der Waals surface area (Å²) in [6.45, 7) is 0. The lowest BCUT2D eigenvalue weighted by molar-refractivity contribution is 0.379. The molecular formula is CHClFO3S. The van der Waals surface area contributed by atoms with Crippen molar-refractivity contribution in [3.8, 4) is 0 Å². The monoisotopic (exact) mass is 147 g/mol. The lowest BCUT2D eigenvalue weighted by atomic mass is 11.8. The van der Waals surface area contributed by atoms with Gasteiger partial charge in [0.2, 0.25) is 0 Å². The van der Waals surface area contributed by atoms with E-state index in [0.717, 1.165) is 0 Å². The van der Waals surface area contributed by atoms with Gasteiger partial charge >= 0.3 is 15.1 Å². The van der Waals surface area contributed by atoms with Crippen molar-refractivity contribution in [1.82, 2.24) is 0 Å². The number of hydrogen-bond donors (Lipinski definition) is 0. The van der Waals surface area contributed by atoms with E-state index in [1.807, 2.05) is 0 Å². The SMILES string of the molecule is [O]S(=O)(=O)C(F)Cl. The molecule has 43 valence electrons. The first-order chi connectivity index (χ1) is 2.94. The molecule has 0 aromatic heterocycles. The molecule has 1 atom stereocenters. The minimum atomic E-state index is -4.89. The third-order valence-electron chi connectivity index (χ3n) is 0.218. The van der Waals surface area contributed by atoms with E-state index in [4.69, 9.17) is 0 Å². The van der Waals surface area contributed by atoms with Gasteiger partial charge in [0.1, 0.15) is 0 Å². The van der Waals surface area contributed by atoms with Gasteiger partial charge in [-0.3, -0.25) is 0 Å². The smallest absolute Gasteiger partial charge is 0.209 e. The van der Waals surface area contributed by atoms with E-state index in [-0.39, 0.29) is 0 Å². The van der Waals surface area contributed by atoms with E-state index in [1.54, 1.807) is 0 Å². The number of halogens is 2. The Morgan fingerprint density at radius 1 is 1.57 bits per heavy atom. The topological polar surface area (TPSA) is 54.0 Å². The summed E-state index contributed by atoms with van der Waals surface area (Å²) in [6, 6.07) is 0. The zero-order valence-electron chi connectivity index (χ0n) is 2.97. The van der Waals surface area contributed by atoms with Gasteiger partial charge in [-0.25, -0.2) is 4.39 Å². The Balaban J connectivity index is 4.10. The fourth-order valence-electron chi connectivity index (χ4n) is 0. The van der Waals surface area contributed by atoms with E-state index in [1.165, 1.54) is 0 Å². The van der Waals surface area contributed by atoms with E-state index >= 15 is 0 Å². The van der Waals surface area contributed by atoms with Gasteiger partial charge in [-0.15, -0.1) is 0 Å². The van der Waals surface area contributed by atoms with Crippen molar-refractivity contribution in [2.24, 2.45) is 0 Å². The van der Waals surface area contributed by atoms with Crippen LogP contribution >= 0.6 is 11.6 Å². The molecule has 1 radical (unpaired) electrons. The molecular weight excluding hydrogens is 147 g/mol. The molecule has 0 rings (SSSR count). The largest absolute Gasteiger partial charge is 0.341 e. The average molecular weight is 148 g/mol. The van der Waals surface area contributed by atoms with Crippen LogP contribution in [0.3, 0.4) is 0 Å². The van der Waals surface area contributed by atoms with Crippen LogP contribution in [0.2, 0.25) is 0 Å². The van der Waals surface area contributed by atoms with Crippen LogP contribution in [0, 0.1) is 0 Å². The second-order valence-corrected chi connectivity index (χ2v) is 2.79. The van der Waals surface area contributed by atoms with Gasteiger partial charge in [0.05, 0.1) is 0 Å². The summed E-state index contributed by atoms with van der Waals surface area (Å²) in [4.78, 5) is -2.81. The Labute approximate surface area is 44.8 Å². The van der Waals surface area contributed by atoms with Crippen LogP contribution in [0.15, 0.2) is 0 Å². The van der Waals surface area contributed by atoms with Crippen molar-refractivity contribution in [1.29, 1.82) is 0 Å². The molecule has 6 heteroatoms. The van der Waals surface area contributed by atoms with Gasteiger partial charge in [-0.1, -0.05) is 16.2 Å². The van der Waals surface area contributed by atoms with Gasteiger partial charge < -0.3 is 0 Å². The quantitative estimate of drug-likeness (QED) is 0.499. The summed E-state index contributed by atoms with van der Waals surface area (Å²) in [5.41, 5.74) is 0. The standard InChI is InChI=1S/CHClFO3S/c2-1(3)7(4,5)6/h1H. The fraction of sp³-hybridized carbons (Fsp3) is 1.00. The number of hydrogen-bond acceptors (Lipinski definition) is 2. The van der Waals surface area contributed by atoms with E-state index in [2.05, 4.69) is 11.6 Å². The highest BCUT2D eigenvalue weighted by atomic mass is 35.5. The highest BCUT2D eigenvalue weighted by Gasteiger charge is 2.19. The highest BCUT2D eigenvalue weighted by molar-refractivity contribution is 7.87. The molecule has 3 nitrogen and oxygen atoms in total. The van der Waals surface area contributed by atoms with Crippen LogP contribution in [-0.4, -0.2) is 13.4 Å². The molecule has 0 saturated carbocycles. The van der Waals surface area contributed by atoms with Gasteiger partial charge in [0, 0.05) is 0 Å². The van der Waals surface area contributed by atoms with Crippen LogP contribution in [0.5, 0.6) is 0 Å². The fourth-order valence-corrected chi connectivity index (χ4v) is 0. The van der Waals surface area contributed by atoms with Crippen molar-refractivity contribution in [3.05, 3.63) is 0 Å². The Morgan fingerprint density at radius 3 is 1.71 bits per heavy atom. The molecule has 0 aliphatic rings. The predicted molar refractivity (Wildman–Crippen MR) is 20.4 cm³/mol. The molecule has 0 heterocycles. The summed E-state index contributed by atoms with van der Waals surface area (Å²) in [6.07, 6.45) is 0. The van der Waals surface area contributed by atoms with Crippen molar-refractivity contribution in [3.63, 3.8) is 0 Å². The van der Waals surface area contributed by atoms with Gasteiger partial charge in [0.25, 0.3) is 0 Å². The zero-order valence-corrected chi connectivity index (χ0v) is 4.54.